The molecule has 1 atom stereocenters. The number of anilines is 1. The Balaban J connectivity index is 1.87. The summed E-state index contributed by atoms with van der Waals surface area (Å²) in [5.74, 6) is 0.541. The topological polar surface area (TPSA) is 61.4 Å². The molecule has 1 fully saturated rings. The van der Waals surface area contributed by atoms with E-state index in [4.69, 9.17) is 5.11 Å². The smallest absolute Gasteiger partial charge is 0.319 e. The standard InChI is InChI=1S/C13H17IN2O2/c14-10-2-1-3-11(8-10)15-13(18)16-12(6-7-17)9-4-5-9/h1-3,8-9,12,17H,4-7H2,(H2,15,16,18)/t12-/m0/s1. The van der Waals surface area contributed by atoms with E-state index in [1.54, 1.807) is 0 Å². The lowest BCUT2D eigenvalue weighted by molar-refractivity contribution is 0.234. The predicted molar refractivity (Wildman–Crippen MR) is 79.5 cm³/mol. The van der Waals surface area contributed by atoms with Crippen LogP contribution in [0.1, 0.15) is 19.3 Å². The molecule has 0 bridgehead atoms. The van der Waals surface area contributed by atoms with Crippen molar-refractivity contribution in [2.75, 3.05) is 11.9 Å². The molecule has 0 radical (unpaired) electrons. The van der Waals surface area contributed by atoms with E-state index in [1.165, 1.54) is 0 Å². The van der Waals surface area contributed by atoms with Crippen molar-refractivity contribution in [2.24, 2.45) is 5.92 Å². The number of hydrogen-bond donors (Lipinski definition) is 3. The van der Waals surface area contributed by atoms with Crippen LogP contribution in [0.2, 0.25) is 0 Å². The fraction of sp³-hybridized carbons (Fsp3) is 0.462. The second-order valence-electron chi connectivity index (χ2n) is 4.57. The number of hydrogen-bond acceptors (Lipinski definition) is 2. The van der Waals surface area contributed by atoms with Gasteiger partial charge in [0.2, 0.25) is 0 Å². The second kappa shape index (κ2) is 6.38. The largest absolute Gasteiger partial charge is 0.396 e. The van der Waals surface area contributed by atoms with Gasteiger partial charge < -0.3 is 15.7 Å². The average molecular weight is 360 g/mol. The number of nitrogens with one attached hydrogen (secondary N) is 2. The Bertz CT molecular complexity index is 421. The third kappa shape index (κ3) is 4.13. The van der Waals surface area contributed by atoms with E-state index in [9.17, 15) is 4.79 Å². The molecule has 5 heteroatoms. The number of rotatable bonds is 5. The van der Waals surface area contributed by atoms with E-state index >= 15 is 0 Å². The summed E-state index contributed by atoms with van der Waals surface area (Å²) in [6.07, 6.45) is 2.92. The van der Waals surface area contributed by atoms with Crippen LogP contribution in [-0.2, 0) is 0 Å². The molecule has 4 nitrogen and oxygen atoms in total. The highest BCUT2D eigenvalue weighted by atomic mass is 127. The van der Waals surface area contributed by atoms with Crippen LogP contribution in [-0.4, -0.2) is 23.8 Å². The molecule has 0 aromatic heterocycles. The molecular formula is C13H17IN2O2. The summed E-state index contributed by atoms with van der Waals surface area (Å²) in [4.78, 5) is 11.8. The van der Waals surface area contributed by atoms with Gasteiger partial charge in [0.25, 0.3) is 0 Å². The molecule has 0 aliphatic heterocycles. The maximum Gasteiger partial charge on any atom is 0.319 e. The van der Waals surface area contributed by atoms with Crippen molar-refractivity contribution in [3.05, 3.63) is 27.8 Å². The van der Waals surface area contributed by atoms with E-state index in [1.807, 2.05) is 24.3 Å². The number of aliphatic hydroxyl groups excluding tert-OH is 1. The van der Waals surface area contributed by atoms with Crippen molar-refractivity contribution in [2.45, 2.75) is 25.3 Å². The van der Waals surface area contributed by atoms with Gasteiger partial charge in [-0.1, -0.05) is 6.07 Å². The summed E-state index contributed by atoms with van der Waals surface area (Å²) in [6.45, 7) is 0.116. The Labute approximate surface area is 120 Å². The van der Waals surface area contributed by atoms with Gasteiger partial charge in [-0.2, -0.15) is 0 Å². The van der Waals surface area contributed by atoms with E-state index in [2.05, 4.69) is 33.2 Å². The highest BCUT2D eigenvalue weighted by molar-refractivity contribution is 14.1. The minimum atomic E-state index is -0.192. The fourth-order valence-corrected chi connectivity index (χ4v) is 2.51. The number of amides is 2. The number of urea groups is 1. The lowest BCUT2D eigenvalue weighted by atomic mass is 10.1. The number of carbonyl (C=O) groups excluding carboxylic acids is 1. The normalized spacial score (nSPS) is 16.1. The van der Waals surface area contributed by atoms with Crippen molar-refractivity contribution >= 4 is 34.3 Å². The van der Waals surface area contributed by atoms with Crippen LogP contribution in [0.3, 0.4) is 0 Å². The average Bonchev–Trinajstić information content (AvgIpc) is 3.12. The van der Waals surface area contributed by atoms with E-state index in [-0.39, 0.29) is 18.7 Å². The van der Waals surface area contributed by atoms with Crippen LogP contribution in [0.4, 0.5) is 10.5 Å². The van der Waals surface area contributed by atoms with Gasteiger partial charge in [-0.15, -0.1) is 0 Å². The van der Waals surface area contributed by atoms with Gasteiger partial charge >= 0.3 is 6.03 Å². The van der Waals surface area contributed by atoms with E-state index < -0.39 is 0 Å². The highest BCUT2D eigenvalue weighted by Gasteiger charge is 2.31. The number of aliphatic hydroxyl groups is 1. The molecule has 18 heavy (non-hydrogen) atoms. The van der Waals surface area contributed by atoms with Crippen LogP contribution in [0.5, 0.6) is 0 Å². The number of benzene rings is 1. The maximum atomic E-state index is 11.8. The monoisotopic (exact) mass is 360 g/mol. The SMILES string of the molecule is O=C(Nc1cccc(I)c1)N[C@@H](CCO)C1CC1. The van der Waals surface area contributed by atoms with Crippen molar-refractivity contribution < 1.29 is 9.90 Å². The van der Waals surface area contributed by atoms with Crippen molar-refractivity contribution in [1.29, 1.82) is 0 Å². The molecule has 1 aliphatic carbocycles. The molecule has 3 N–H and O–H groups in total. The Hall–Kier alpha value is -0.820. The lowest BCUT2D eigenvalue weighted by Gasteiger charge is -2.17. The molecule has 0 saturated heterocycles. The molecule has 0 heterocycles. The fourth-order valence-electron chi connectivity index (χ4n) is 1.97. The first-order valence-electron chi connectivity index (χ1n) is 6.13. The molecule has 0 spiro atoms. The highest BCUT2D eigenvalue weighted by Crippen LogP contribution is 2.33. The van der Waals surface area contributed by atoms with Gasteiger partial charge in [0.1, 0.15) is 0 Å². The summed E-state index contributed by atoms with van der Waals surface area (Å²) < 4.78 is 1.08. The molecule has 1 saturated carbocycles. The van der Waals surface area contributed by atoms with Gasteiger partial charge in [0.05, 0.1) is 0 Å². The zero-order valence-electron chi connectivity index (χ0n) is 10.0. The van der Waals surface area contributed by atoms with Crippen molar-refractivity contribution in [3.8, 4) is 0 Å². The van der Waals surface area contributed by atoms with Crippen LogP contribution >= 0.6 is 22.6 Å². The quantitative estimate of drug-likeness (QED) is 0.707. The molecule has 2 rings (SSSR count). The molecule has 0 unspecified atom stereocenters. The number of halogens is 1. The van der Waals surface area contributed by atoms with Crippen LogP contribution in [0.25, 0.3) is 0 Å². The Morgan fingerprint density at radius 1 is 1.50 bits per heavy atom. The second-order valence-corrected chi connectivity index (χ2v) is 5.81. The summed E-state index contributed by atoms with van der Waals surface area (Å²) in [5, 5.41) is 14.7. The summed E-state index contributed by atoms with van der Waals surface area (Å²) in [6, 6.07) is 7.56. The predicted octanol–water partition coefficient (Wildman–Crippen LogP) is 2.57. The summed E-state index contributed by atoms with van der Waals surface area (Å²) >= 11 is 2.21. The molecule has 1 aliphatic rings. The lowest BCUT2D eigenvalue weighted by Crippen LogP contribution is -2.39. The first kappa shape index (κ1) is 13.6. The van der Waals surface area contributed by atoms with E-state index in [0.717, 1.165) is 22.1 Å². The van der Waals surface area contributed by atoms with Crippen LogP contribution in [0.15, 0.2) is 24.3 Å². The molecular weight excluding hydrogens is 343 g/mol. The van der Waals surface area contributed by atoms with Gasteiger partial charge in [0, 0.05) is 21.9 Å². The van der Waals surface area contributed by atoms with Crippen molar-refractivity contribution in [1.82, 2.24) is 5.32 Å². The van der Waals surface area contributed by atoms with Crippen molar-refractivity contribution in [3.63, 3.8) is 0 Å². The van der Waals surface area contributed by atoms with Gasteiger partial charge in [-0.05, 0) is 66.0 Å². The maximum absolute atomic E-state index is 11.8. The van der Waals surface area contributed by atoms with Gasteiger partial charge in [0.15, 0.2) is 0 Å². The van der Waals surface area contributed by atoms with E-state index in [0.29, 0.717) is 12.3 Å². The van der Waals surface area contributed by atoms with Crippen LogP contribution < -0.4 is 10.6 Å². The summed E-state index contributed by atoms with van der Waals surface area (Å²) in [7, 11) is 0. The Kier molecular flexibility index (Phi) is 4.82. The number of carbonyl (C=O) groups is 1. The Morgan fingerprint density at radius 3 is 2.89 bits per heavy atom. The first-order chi connectivity index (χ1) is 8.69. The molecule has 98 valence electrons. The minimum absolute atomic E-state index is 0.0952. The molecule has 1 aromatic carbocycles. The van der Waals surface area contributed by atoms with Gasteiger partial charge in [-0.25, -0.2) is 4.79 Å². The Morgan fingerprint density at radius 2 is 2.28 bits per heavy atom. The minimum Gasteiger partial charge on any atom is -0.396 e. The zero-order chi connectivity index (χ0) is 13.0. The molecule has 2 amide bonds. The summed E-state index contributed by atoms with van der Waals surface area (Å²) in [5.41, 5.74) is 0.790. The molecule has 1 aromatic rings. The zero-order valence-corrected chi connectivity index (χ0v) is 12.2. The van der Waals surface area contributed by atoms with Crippen LogP contribution in [0, 0.1) is 9.49 Å². The first-order valence-corrected chi connectivity index (χ1v) is 7.21. The van der Waals surface area contributed by atoms with Gasteiger partial charge in [-0.3, -0.25) is 0 Å². The third-order valence-corrected chi connectivity index (χ3v) is 3.70. The third-order valence-electron chi connectivity index (χ3n) is 3.03.